The number of benzene rings is 2. The van der Waals surface area contributed by atoms with E-state index < -0.39 is 0 Å². The normalized spacial score (nSPS) is 26.4. The number of likely N-dealkylation sites (tertiary alicyclic amines) is 1. The Morgan fingerprint density at radius 3 is 2.36 bits per heavy atom. The van der Waals surface area contributed by atoms with Crippen molar-refractivity contribution >= 4 is 0 Å². The lowest BCUT2D eigenvalue weighted by molar-refractivity contribution is -0.0403. The Morgan fingerprint density at radius 2 is 1.64 bits per heavy atom. The van der Waals surface area contributed by atoms with E-state index in [1.807, 2.05) is 18.2 Å². The van der Waals surface area contributed by atoms with Crippen molar-refractivity contribution < 1.29 is 18.9 Å². The third kappa shape index (κ3) is 2.98. The number of fused-ring (bicyclic) bond motifs is 2. The number of hydrogen-bond acceptors (Lipinski definition) is 5. The minimum Gasteiger partial charge on any atom is -0.497 e. The maximum absolute atomic E-state index is 6.57. The van der Waals surface area contributed by atoms with Crippen molar-refractivity contribution in [3.8, 4) is 23.0 Å². The molecule has 3 heterocycles. The van der Waals surface area contributed by atoms with Crippen LogP contribution in [0.3, 0.4) is 0 Å². The molecule has 2 aromatic carbocycles. The summed E-state index contributed by atoms with van der Waals surface area (Å²) in [5, 5.41) is 0. The number of methoxy groups -OCH3 is 1. The van der Waals surface area contributed by atoms with E-state index in [1.165, 1.54) is 30.4 Å². The van der Waals surface area contributed by atoms with Crippen LogP contribution in [0.4, 0.5) is 0 Å². The van der Waals surface area contributed by atoms with Crippen molar-refractivity contribution in [2.24, 2.45) is 5.92 Å². The van der Waals surface area contributed by atoms with Gasteiger partial charge in [0.1, 0.15) is 11.5 Å². The second kappa shape index (κ2) is 7.21. The molecule has 0 N–H and O–H groups in total. The Bertz CT molecular complexity index is 844. The van der Waals surface area contributed by atoms with Crippen LogP contribution in [0.15, 0.2) is 36.4 Å². The van der Waals surface area contributed by atoms with E-state index in [4.69, 9.17) is 18.9 Å². The van der Waals surface area contributed by atoms with Crippen LogP contribution in [0.1, 0.15) is 43.2 Å². The standard InChI is InChI=1S/C23H27NO4/c1-15-22(16-6-8-17(25-2)9-7-16)18-12-20-21(27-14-26-20)13-19(18)28-23(15)24-10-4-3-5-11-24/h6-9,12-13,15,22-23H,3-5,10-11,14H2,1-2H3/t15-,22+,23+/m1/s1. The Labute approximate surface area is 166 Å². The molecule has 28 heavy (non-hydrogen) atoms. The Kier molecular flexibility index (Phi) is 4.55. The quantitative estimate of drug-likeness (QED) is 0.788. The molecule has 5 rings (SSSR count). The topological polar surface area (TPSA) is 40.2 Å². The van der Waals surface area contributed by atoms with Crippen LogP contribution < -0.4 is 18.9 Å². The fourth-order valence-corrected chi connectivity index (χ4v) is 4.84. The van der Waals surface area contributed by atoms with E-state index in [9.17, 15) is 0 Å². The van der Waals surface area contributed by atoms with Gasteiger partial charge in [-0.05, 0) is 36.6 Å². The van der Waals surface area contributed by atoms with Crippen LogP contribution >= 0.6 is 0 Å². The van der Waals surface area contributed by atoms with E-state index in [-0.39, 0.29) is 18.9 Å². The van der Waals surface area contributed by atoms with Crippen LogP contribution in [0.25, 0.3) is 0 Å². The van der Waals surface area contributed by atoms with Crippen molar-refractivity contribution in [1.29, 1.82) is 0 Å². The maximum atomic E-state index is 6.57. The van der Waals surface area contributed by atoms with Gasteiger partial charge in [0.15, 0.2) is 17.7 Å². The number of ether oxygens (including phenoxy) is 4. The third-order valence-corrected chi connectivity index (χ3v) is 6.29. The van der Waals surface area contributed by atoms with Gasteiger partial charge in [-0.1, -0.05) is 25.5 Å². The number of hydrogen-bond donors (Lipinski definition) is 0. The highest BCUT2D eigenvalue weighted by Gasteiger charge is 2.41. The van der Waals surface area contributed by atoms with Crippen molar-refractivity contribution in [2.45, 2.75) is 38.3 Å². The molecule has 1 fully saturated rings. The Morgan fingerprint density at radius 1 is 0.929 bits per heavy atom. The van der Waals surface area contributed by atoms with Gasteiger partial charge < -0.3 is 18.9 Å². The van der Waals surface area contributed by atoms with Gasteiger partial charge in [0, 0.05) is 36.6 Å². The van der Waals surface area contributed by atoms with Crippen molar-refractivity contribution in [2.75, 3.05) is 27.0 Å². The molecule has 3 atom stereocenters. The van der Waals surface area contributed by atoms with E-state index in [1.54, 1.807) is 7.11 Å². The van der Waals surface area contributed by atoms with Crippen LogP contribution in [0, 0.1) is 5.92 Å². The van der Waals surface area contributed by atoms with Crippen molar-refractivity contribution in [3.05, 3.63) is 47.5 Å². The molecule has 0 unspecified atom stereocenters. The minimum absolute atomic E-state index is 0.0697. The molecule has 0 spiro atoms. The molecule has 148 valence electrons. The van der Waals surface area contributed by atoms with Gasteiger partial charge in [0.25, 0.3) is 0 Å². The van der Waals surface area contributed by atoms with E-state index in [0.29, 0.717) is 5.92 Å². The third-order valence-electron chi connectivity index (χ3n) is 6.29. The molecule has 3 aliphatic heterocycles. The maximum Gasteiger partial charge on any atom is 0.231 e. The van der Waals surface area contributed by atoms with E-state index in [0.717, 1.165) is 36.1 Å². The summed E-state index contributed by atoms with van der Waals surface area (Å²) in [4.78, 5) is 2.51. The highest BCUT2D eigenvalue weighted by atomic mass is 16.7. The van der Waals surface area contributed by atoms with E-state index in [2.05, 4.69) is 30.0 Å². The summed E-state index contributed by atoms with van der Waals surface area (Å²) in [5.74, 6) is 3.93. The molecule has 1 saturated heterocycles. The summed E-state index contributed by atoms with van der Waals surface area (Å²) in [6.07, 6.45) is 3.87. The highest BCUT2D eigenvalue weighted by Crippen LogP contribution is 2.50. The second-order valence-corrected chi connectivity index (χ2v) is 7.96. The SMILES string of the molecule is COc1ccc([C@H]2c3cc4c(cc3O[C@H](N3CCCCC3)[C@@H]2C)OCO4)cc1. The fourth-order valence-electron chi connectivity index (χ4n) is 4.84. The van der Waals surface area contributed by atoms with Crippen LogP contribution in [-0.2, 0) is 0 Å². The molecule has 2 aromatic rings. The predicted molar refractivity (Wildman–Crippen MR) is 106 cm³/mol. The average molecular weight is 381 g/mol. The number of piperidine rings is 1. The molecule has 0 aromatic heterocycles. The first-order valence-corrected chi connectivity index (χ1v) is 10.2. The first kappa shape index (κ1) is 17.7. The monoisotopic (exact) mass is 381 g/mol. The van der Waals surface area contributed by atoms with Crippen LogP contribution in [0.5, 0.6) is 23.0 Å². The minimum atomic E-state index is 0.0697. The molecule has 0 amide bonds. The highest BCUT2D eigenvalue weighted by molar-refractivity contribution is 5.56. The summed E-state index contributed by atoms with van der Waals surface area (Å²) >= 11 is 0. The molecular formula is C23H27NO4. The lowest BCUT2D eigenvalue weighted by Gasteiger charge is -2.44. The lowest BCUT2D eigenvalue weighted by atomic mass is 9.78. The number of nitrogens with zero attached hydrogens (tertiary/aromatic N) is 1. The zero-order chi connectivity index (χ0) is 19.1. The molecule has 0 radical (unpaired) electrons. The van der Waals surface area contributed by atoms with Gasteiger partial charge >= 0.3 is 0 Å². The first-order valence-electron chi connectivity index (χ1n) is 10.2. The summed E-state index contributed by atoms with van der Waals surface area (Å²) in [7, 11) is 1.70. The summed E-state index contributed by atoms with van der Waals surface area (Å²) in [5.41, 5.74) is 2.45. The van der Waals surface area contributed by atoms with E-state index >= 15 is 0 Å². The summed E-state index contributed by atoms with van der Waals surface area (Å²) in [6, 6.07) is 12.5. The summed E-state index contributed by atoms with van der Waals surface area (Å²) in [6.45, 7) is 4.78. The van der Waals surface area contributed by atoms with Crippen molar-refractivity contribution in [1.82, 2.24) is 4.90 Å². The zero-order valence-electron chi connectivity index (χ0n) is 16.5. The first-order chi connectivity index (χ1) is 13.7. The molecule has 0 aliphatic carbocycles. The Balaban J connectivity index is 1.58. The largest absolute Gasteiger partial charge is 0.497 e. The van der Waals surface area contributed by atoms with Gasteiger partial charge in [0.2, 0.25) is 6.79 Å². The molecule has 5 nitrogen and oxygen atoms in total. The molecule has 0 saturated carbocycles. The van der Waals surface area contributed by atoms with Gasteiger partial charge in [0.05, 0.1) is 7.11 Å². The molecular weight excluding hydrogens is 354 g/mol. The van der Waals surface area contributed by atoms with Gasteiger partial charge in [-0.15, -0.1) is 0 Å². The summed E-state index contributed by atoms with van der Waals surface area (Å²) < 4.78 is 23.2. The zero-order valence-corrected chi connectivity index (χ0v) is 16.5. The van der Waals surface area contributed by atoms with Gasteiger partial charge in [-0.3, -0.25) is 4.90 Å². The van der Waals surface area contributed by atoms with Crippen molar-refractivity contribution in [3.63, 3.8) is 0 Å². The second-order valence-electron chi connectivity index (χ2n) is 7.96. The molecule has 0 bridgehead atoms. The smallest absolute Gasteiger partial charge is 0.231 e. The predicted octanol–water partition coefficient (Wildman–Crippen LogP) is 4.40. The fraction of sp³-hybridized carbons (Fsp3) is 0.478. The van der Waals surface area contributed by atoms with Gasteiger partial charge in [-0.2, -0.15) is 0 Å². The van der Waals surface area contributed by atoms with Gasteiger partial charge in [-0.25, -0.2) is 0 Å². The number of rotatable bonds is 3. The lowest BCUT2D eigenvalue weighted by Crippen LogP contribution is -2.50. The molecule has 3 aliphatic rings. The Hall–Kier alpha value is -2.40. The van der Waals surface area contributed by atoms with Crippen LogP contribution in [0.2, 0.25) is 0 Å². The van der Waals surface area contributed by atoms with Crippen LogP contribution in [-0.4, -0.2) is 38.1 Å². The average Bonchev–Trinajstić information content (AvgIpc) is 3.20. The molecule has 5 heteroatoms.